The summed E-state index contributed by atoms with van der Waals surface area (Å²) >= 11 is 7.08. The van der Waals surface area contributed by atoms with Crippen molar-refractivity contribution in [3.63, 3.8) is 0 Å². The molecule has 8 heteroatoms. The first-order valence-corrected chi connectivity index (χ1v) is 12.5. The number of hydrogen-bond acceptors (Lipinski definition) is 5. The quantitative estimate of drug-likeness (QED) is 0.241. The highest BCUT2D eigenvalue weighted by atomic mass is 35.5. The van der Waals surface area contributed by atoms with Gasteiger partial charge in [-0.3, -0.25) is 0 Å². The van der Waals surface area contributed by atoms with Crippen LogP contribution in [0.2, 0.25) is 0 Å². The number of alkyl halides is 1. The minimum Gasteiger partial charge on any atom is -0.373 e. The molecule has 2 rings (SSSR count). The van der Waals surface area contributed by atoms with Crippen LogP contribution in [-0.2, 0) is 5.88 Å². The van der Waals surface area contributed by atoms with Crippen molar-refractivity contribution in [3.8, 4) is 12.3 Å². The molecule has 2 amide bonds. The van der Waals surface area contributed by atoms with Crippen LogP contribution in [0.15, 0.2) is 0 Å². The van der Waals surface area contributed by atoms with E-state index in [0.29, 0.717) is 23.1 Å². The van der Waals surface area contributed by atoms with Gasteiger partial charge in [-0.1, -0.05) is 82.5 Å². The molecular weight excluding hydrogens is 420 g/mol. The van der Waals surface area contributed by atoms with E-state index >= 15 is 0 Å². The van der Waals surface area contributed by atoms with Crippen LogP contribution in [0.5, 0.6) is 0 Å². The number of nitrogens with zero attached hydrogens (tertiary/aromatic N) is 4. The van der Waals surface area contributed by atoms with Gasteiger partial charge in [-0.2, -0.15) is 0 Å². The Kier molecular flexibility index (Phi) is 10.4. The van der Waals surface area contributed by atoms with Gasteiger partial charge in [0.1, 0.15) is 16.8 Å². The monoisotopic (exact) mass is 454 g/mol. The zero-order valence-electron chi connectivity index (χ0n) is 18.3. The lowest BCUT2D eigenvalue weighted by Gasteiger charge is -2.46. The molecule has 6 nitrogen and oxygen atoms in total. The van der Waals surface area contributed by atoms with Crippen molar-refractivity contribution in [2.45, 2.75) is 102 Å². The van der Waals surface area contributed by atoms with E-state index in [4.69, 9.17) is 18.0 Å². The SMILES string of the molecule is C#CC(CCCCCC)(CCCCCC)N1CCC(O)N(c2nnc(CCl)s2)C1=O. The second-order valence-corrected chi connectivity index (χ2v) is 9.29. The number of halogens is 1. The Bertz CT molecular complexity index is 694. The molecule has 2 heterocycles. The number of anilines is 1. The largest absolute Gasteiger partial charge is 0.373 e. The highest BCUT2D eigenvalue weighted by Gasteiger charge is 2.45. The number of urea groups is 1. The van der Waals surface area contributed by atoms with Gasteiger partial charge in [0, 0.05) is 13.0 Å². The molecule has 0 saturated carbocycles. The van der Waals surface area contributed by atoms with E-state index in [1.807, 2.05) is 0 Å². The number of terminal acetylenes is 1. The Morgan fingerprint density at radius 2 is 1.80 bits per heavy atom. The minimum atomic E-state index is -0.930. The fourth-order valence-electron chi connectivity index (χ4n) is 4.03. The van der Waals surface area contributed by atoms with E-state index in [-0.39, 0.29) is 11.9 Å². The van der Waals surface area contributed by atoms with E-state index in [9.17, 15) is 9.90 Å². The summed E-state index contributed by atoms with van der Waals surface area (Å²) in [5.41, 5.74) is -0.628. The van der Waals surface area contributed by atoms with Gasteiger partial charge >= 0.3 is 6.03 Å². The van der Waals surface area contributed by atoms with Crippen LogP contribution in [-0.4, -0.2) is 44.5 Å². The first kappa shape index (κ1) is 24.9. The van der Waals surface area contributed by atoms with Crippen molar-refractivity contribution >= 4 is 34.1 Å². The van der Waals surface area contributed by atoms with E-state index < -0.39 is 11.8 Å². The second-order valence-electron chi connectivity index (χ2n) is 7.98. The topological polar surface area (TPSA) is 69.6 Å². The number of rotatable bonds is 13. The Hall–Kier alpha value is -1.36. The zero-order valence-corrected chi connectivity index (χ0v) is 19.9. The van der Waals surface area contributed by atoms with Crippen LogP contribution in [0.4, 0.5) is 9.93 Å². The van der Waals surface area contributed by atoms with Gasteiger partial charge in [0.2, 0.25) is 5.13 Å². The van der Waals surface area contributed by atoms with Crippen molar-refractivity contribution in [1.82, 2.24) is 15.1 Å². The Morgan fingerprint density at radius 3 is 2.30 bits per heavy atom. The van der Waals surface area contributed by atoms with Crippen molar-refractivity contribution in [1.29, 1.82) is 0 Å². The summed E-state index contributed by atoms with van der Waals surface area (Å²) in [6.07, 6.45) is 16.0. The molecule has 1 aliphatic rings. The third-order valence-electron chi connectivity index (χ3n) is 5.80. The summed E-state index contributed by atoms with van der Waals surface area (Å²) < 4.78 is 0. The average Bonchev–Trinajstić information content (AvgIpc) is 3.22. The molecule has 0 radical (unpaired) electrons. The van der Waals surface area contributed by atoms with Crippen molar-refractivity contribution < 1.29 is 9.90 Å². The van der Waals surface area contributed by atoms with Gasteiger partial charge in [-0.15, -0.1) is 28.2 Å². The van der Waals surface area contributed by atoms with Crippen molar-refractivity contribution in [2.24, 2.45) is 0 Å². The van der Waals surface area contributed by atoms with Crippen molar-refractivity contribution in [3.05, 3.63) is 5.01 Å². The van der Waals surface area contributed by atoms with Gasteiger partial charge in [0.25, 0.3) is 0 Å². The Morgan fingerprint density at radius 1 is 1.17 bits per heavy atom. The molecule has 168 valence electrons. The number of aromatic nitrogens is 2. The number of carbonyl (C=O) groups is 1. The smallest absolute Gasteiger partial charge is 0.329 e. The molecule has 1 unspecified atom stereocenters. The number of amides is 2. The van der Waals surface area contributed by atoms with E-state index in [1.165, 1.54) is 29.1 Å². The predicted octanol–water partition coefficient (Wildman–Crippen LogP) is 5.54. The van der Waals surface area contributed by atoms with Crippen LogP contribution >= 0.6 is 22.9 Å². The van der Waals surface area contributed by atoms with E-state index in [0.717, 1.165) is 51.4 Å². The number of aliphatic hydroxyl groups is 1. The fraction of sp³-hybridized carbons (Fsp3) is 0.773. The number of carbonyl (C=O) groups excluding carboxylic acids is 1. The van der Waals surface area contributed by atoms with Crippen LogP contribution in [0, 0.1) is 12.3 Å². The standard InChI is InChI=1S/C22H35ClN4O2S/c1-4-7-9-11-14-22(6-3,15-12-10-8-5-2)26-16-13-19(28)27(21(26)29)20-25-24-18(17-23)30-20/h3,19,28H,4-5,7-17H2,1-2H3. The first-order valence-electron chi connectivity index (χ1n) is 11.2. The maximum atomic E-state index is 13.5. The van der Waals surface area contributed by atoms with Gasteiger partial charge < -0.3 is 10.0 Å². The van der Waals surface area contributed by atoms with E-state index in [1.54, 1.807) is 4.90 Å². The molecular formula is C22H35ClN4O2S. The normalized spacial score (nSPS) is 17.4. The summed E-state index contributed by atoms with van der Waals surface area (Å²) in [6, 6.07) is -0.282. The van der Waals surface area contributed by atoms with Gasteiger partial charge in [-0.05, 0) is 12.8 Å². The summed E-state index contributed by atoms with van der Waals surface area (Å²) in [7, 11) is 0. The summed E-state index contributed by atoms with van der Waals surface area (Å²) in [5.74, 6) is 3.24. The lowest BCUT2D eigenvalue weighted by Crippen LogP contribution is -2.62. The molecule has 30 heavy (non-hydrogen) atoms. The molecule has 0 spiro atoms. The lowest BCUT2D eigenvalue weighted by atomic mass is 9.84. The molecule has 0 aromatic carbocycles. The number of hydrogen-bond donors (Lipinski definition) is 1. The molecule has 1 atom stereocenters. The summed E-state index contributed by atoms with van der Waals surface area (Å²) in [5, 5.41) is 19.6. The zero-order chi connectivity index (χ0) is 22.0. The highest BCUT2D eigenvalue weighted by Crippen LogP contribution is 2.35. The molecule has 1 N–H and O–H groups in total. The van der Waals surface area contributed by atoms with Crippen LogP contribution < -0.4 is 4.90 Å². The fourth-order valence-corrected chi connectivity index (χ4v) is 4.98. The maximum Gasteiger partial charge on any atom is 0.329 e. The van der Waals surface area contributed by atoms with Crippen LogP contribution in [0.25, 0.3) is 0 Å². The molecule has 0 bridgehead atoms. The number of unbranched alkanes of at least 4 members (excludes halogenated alkanes) is 6. The third-order valence-corrected chi connectivity index (χ3v) is 7.13. The molecule has 1 aromatic heterocycles. The average molecular weight is 455 g/mol. The minimum absolute atomic E-state index is 0.225. The molecule has 1 aliphatic heterocycles. The lowest BCUT2D eigenvalue weighted by molar-refractivity contribution is 0.0697. The van der Waals surface area contributed by atoms with Crippen LogP contribution in [0.1, 0.15) is 89.5 Å². The maximum absolute atomic E-state index is 13.5. The van der Waals surface area contributed by atoms with Crippen molar-refractivity contribution in [2.75, 3.05) is 11.4 Å². The predicted molar refractivity (Wildman–Crippen MR) is 124 cm³/mol. The number of aliphatic hydroxyl groups excluding tert-OH is 1. The van der Waals surface area contributed by atoms with Gasteiger partial charge in [0.15, 0.2) is 0 Å². The molecule has 0 aliphatic carbocycles. The van der Waals surface area contributed by atoms with Gasteiger partial charge in [0.05, 0.1) is 5.88 Å². The Labute approximate surface area is 190 Å². The molecule has 1 fully saturated rings. The first-order chi connectivity index (χ1) is 14.5. The van der Waals surface area contributed by atoms with Crippen LogP contribution in [0.3, 0.4) is 0 Å². The molecule has 1 aromatic rings. The Balaban J connectivity index is 2.25. The second kappa shape index (κ2) is 12.5. The summed E-state index contributed by atoms with van der Waals surface area (Å²) in [4.78, 5) is 16.7. The van der Waals surface area contributed by atoms with Gasteiger partial charge in [-0.25, -0.2) is 9.69 Å². The van der Waals surface area contributed by atoms with E-state index in [2.05, 4.69) is 30.0 Å². The third kappa shape index (κ3) is 6.09. The summed E-state index contributed by atoms with van der Waals surface area (Å²) in [6.45, 7) is 4.82. The molecule has 1 saturated heterocycles. The highest BCUT2D eigenvalue weighted by molar-refractivity contribution is 7.15.